The van der Waals surface area contributed by atoms with E-state index in [9.17, 15) is 0 Å². The molecule has 0 atom stereocenters. The Kier molecular flexibility index (Phi) is 9.04. The fraction of sp³-hybridized carbons (Fsp3) is 0.556. The maximum atomic E-state index is 7.64. The number of ether oxygens (including phenoxy) is 3. The third kappa shape index (κ3) is 6.44. The van der Waals surface area contributed by atoms with E-state index in [0.717, 1.165) is 64.8 Å². The van der Waals surface area contributed by atoms with E-state index >= 15 is 0 Å². The van der Waals surface area contributed by atoms with Crippen LogP contribution < -0.4 is 31.4 Å². The molecule has 63 heavy (non-hydrogen) atoms. The van der Waals surface area contributed by atoms with Crippen molar-refractivity contribution in [3.05, 3.63) is 86.4 Å². The summed E-state index contributed by atoms with van der Waals surface area (Å²) in [5, 5.41) is 1.50. The van der Waals surface area contributed by atoms with Crippen molar-refractivity contribution in [1.29, 1.82) is 0 Å². The summed E-state index contributed by atoms with van der Waals surface area (Å²) in [5.74, 6) is 10.6. The molecular weight excluding hydrogens is 845 g/mol. The Balaban J connectivity index is 1.18. The molecular formula is C54H60Cl3N3O3. The average Bonchev–Trinajstić information content (AvgIpc) is 3.21. The molecule has 16 rings (SSSR count). The SMILES string of the molecule is Nc1cc(Oc2c(Oc3ccc(Cl)c(N)c3)c(C34CC5CC(CC(C5)C3)C4)c(C34CC5CC(CC(C5)C3)C4)c(C34CC5CC(CC(C5)C3)C4)c2Oc2ccc(Cl)c(N)c2)ccc1Cl. The molecule has 0 radical (unpaired) electrons. The number of halogens is 3. The van der Waals surface area contributed by atoms with Crippen LogP contribution in [0.4, 0.5) is 17.1 Å². The lowest BCUT2D eigenvalue weighted by atomic mass is 9.41. The molecule has 6 N–H and O–H groups in total. The zero-order valence-corrected chi connectivity index (χ0v) is 38.5. The first kappa shape index (κ1) is 39.9. The third-order valence-electron chi connectivity index (χ3n) is 18.6. The third-order valence-corrected chi connectivity index (χ3v) is 19.7. The number of anilines is 3. The van der Waals surface area contributed by atoms with E-state index in [2.05, 4.69) is 0 Å². The Morgan fingerprint density at radius 2 is 0.587 bits per heavy atom. The fourth-order valence-corrected chi connectivity index (χ4v) is 18.2. The number of nitrogens with two attached hydrogens (primary N) is 3. The summed E-state index contributed by atoms with van der Waals surface area (Å²) in [6.07, 6.45) is 23.1. The Morgan fingerprint density at radius 3 is 0.841 bits per heavy atom. The van der Waals surface area contributed by atoms with Gasteiger partial charge in [0, 0.05) is 40.2 Å². The lowest BCUT2D eigenvalue weighted by Gasteiger charge is -2.63. The molecule has 0 amide bonds. The van der Waals surface area contributed by atoms with Gasteiger partial charge in [-0.2, -0.15) is 0 Å². The first-order valence-electron chi connectivity index (χ1n) is 24.3. The maximum Gasteiger partial charge on any atom is 0.212 e. The van der Waals surface area contributed by atoms with Gasteiger partial charge in [-0.3, -0.25) is 0 Å². The number of hydrogen-bond acceptors (Lipinski definition) is 6. The van der Waals surface area contributed by atoms with Crippen LogP contribution in [0.2, 0.25) is 15.1 Å². The first-order valence-corrected chi connectivity index (χ1v) is 25.5. The standard InChI is InChI=1S/C54H60Cl3N3O3/c55-40-4-1-37(16-43(40)58)61-49-47(53-22-31-10-32(23-53)12-33(11-31)24-53)46(52-19-28-7-29(20-52)9-30(8-28)21-52)48(54-25-34-13-35(26-54)15-36(14-34)27-54)50(62-38-2-5-41(56)44(59)17-38)51(49)63-39-3-6-42(57)45(60)18-39/h1-6,16-18,28-36H,7-15,19-27,58-60H2. The van der Waals surface area contributed by atoms with Gasteiger partial charge in [0.1, 0.15) is 17.2 Å². The minimum absolute atomic E-state index is 0.0174. The van der Waals surface area contributed by atoms with Gasteiger partial charge in [0.2, 0.25) is 5.75 Å². The second-order valence-electron chi connectivity index (χ2n) is 23.1. The summed E-state index contributed by atoms with van der Waals surface area (Å²) in [7, 11) is 0. The molecule has 4 aromatic rings. The topological polar surface area (TPSA) is 106 Å². The van der Waals surface area contributed by atoms with Crippen LogP contribution in [0.5, 0.6) is 34.5 Å². The number of benzene rings is 4. The molecule has 330 valence electrons. The molecule has 4 aromatic carbocycles. The first-order chi connectivity index (χ1) is 30.4. The summed E-state index contributed by atoms with van der Waals surface area (Å²) in [4.78, 5) is 0. The summed E-state index contributed by atoms with van der Waals surface area (Å²) in [6.45, 7) is 0. The van der Waals surface area contributed by atoms with Crippen LogP contribution in [0.3, 0.4) is 0 Å². The van der Waals surface area contributed by atoms with Gasteiger partial charge in [-0.1, -0.05) is 34.8 Å². The lowest BCUT2D eigenvalue weighted by Crippen LogP contribution is -2.55. The van der Waals surface area contributed by atoms with Crippen molar-refractivity contribution in [3.8, 4) is 34.5 Å². The zero-order valence-electron chi connectivity index (χ0n) is 36.2. The number of hydrogen-bond donors (Lipinski definition) is 3. The molecule has 0 unspecified atom stereocenters. The molecule has 12 bridgehead atoms. The Morgan fingerprint density at radius 1 is 0.349 bits per heavy atom. The molecule has 9 heteroatoms. The van der Waals surface area contributed by atoms with Gasteiger partial charge in [-0.15, -0.1) is 0 Å². The molecule has 0 saturated heterocycles. The van der Waals surface area contributed by atoms with Gasteiger partial charge in [0.05, 0.1) is 32.1 Å². The van der Waals surface area contributed by atoms with E-state index in [4.69, 9.17) is 66.2 Å². The molecule has 0 aliphatic heterocycles. The average molecular weight is 905 g/mol. The van der Waals surface area contributed by atoms with E-state index in [0.29, 0.717) is 55.1 Å². The second-order valence-corrected chi connectivity index (χ2v) is 24.3. The van der Waals surface area contributed by atoms with Crippen molar-refractivity contribution >= 4 is 51.9 Å². The van der Waals surface area contributed by atoms with Crippen molar-refractivity contribution in [2.75, 3.05) is 17.2 Å². The normalized spacial score (nSPS) is 37.5. The van der Waals surface area contributed by atoms with Crippen molar-refractivity contribution in [1.82, 2.24) is 0 Å². The van der Waals surface area contributed by atoms with Gasteiger partial charge < -0.3 is 31.4 Å². The monoisotopic (exact) mass is 903 g/mol. The summed E-state index contributed by atoms with van der Waals surface area (Å²) >= 11 is 19.9. The van der Waals surface area contributed by atoms with Gasteiger partial charge in [0.25, 0.3) is 0 Å². The highest BCUT2D eigenvalue weighted by Crippen LogP contribution is 2.73. The van der Waals surface area contributed by atoms with Gasteiger partial charge >= 0.3 is 0 Å². The predicted octanol–water partition coefficient (Wildman–Crippen LogP) is 15.2. The fourth-order valence-electron chi connectivity index (χ4n) is 17.9. The van der Waals surface area contributed by atoms with Crippen LogP contribution in [0.15, 0.2) is 54.6 Å². The summed E-state index contributed by atoms with van der Waals surface area (Å²) in [5.41, 5.74) is 25.7. The predicted molar refractivity (Wildman–Crippen MR) is 254 cm³/mol. The molecule has 6 nitrogen and oxygen atoms in total. The van der Waals surface area contributed by atoms with E-state index in [1.165, 1.54) is 127 Å². The molecule has 12 saturated carbocycles. The summed E-state index contributed by atoms with van der Waals surface area (Å²) < 4.78 is 22.8. The van der Waals surface area contributed by atoms with Crippen LogP contribution in [0.1, 0.15) is 132 Å². The smallest absolute Gasteiger partial charge is 0.212 e. The van der Waals surface area contributed by atoms with E-state index in [-0.39, 0.29) is 16.2 Å². The summed E-state index contributed by atoms with van der Waals surface area (Å²) in [6, 6.07) is 17.0. The van der Waals surface area contributed by atoms with Gasteiger partial charge in [-0.05, 0) is 216 Å². The van der Waals surface area contributed by atoms with Gasteiger partial charge in [0.15, 0.2) is 11.5 Å². The van der Waals surface area contributed by atoms with Crippen molar-refractivity contribution in [2.45, 2.75) is 132 Å². The van der Waals surface area contributed by atoms with Crippen molar-refractivity contribution in [2.24, 2.45) is 53.3 Å². The Hall–Kier alpha value is -3.45. The van der Waals surface area contributed by atoms with Crippen LogP contribution in [-0.4, -0.2) is 0 Å². The van der Waals surface area contributed by atoms with Crippen molar-refractivity contribution < 1.29 is 14.2 Å². The molecule has 12 fully saturated rings. The second kappa shape index (κ2) is 14.3. The lowest BCUT2D eigenvalue weighted by molar-refractivity contribution is -0.0255. The molecule has 0 aromatic heterocycles. The highest BCUT2D eigenvalue weighted by atomic mass is 35.5. The van der Waals surface area contributed by atoms with E-state index < -0.39 is 0 Å². The minimum atomic E-state index is -0.0574. The quantitative estimate of drug-likeness (QED) is 0.145. The highest BCUT2D eigenvalue weighted by molar-refractivity contribution is 6.33. The van der Waals surface area contributed by atoms with Crippen LogP contribution in [0.25, 0.3) is 0 Å². The Labute approximate surface area is 387 Å². The van der Waals surface area contributed by atoms with Gasteiger partial charge in [-0.25, -0.2) is 0 Å². The Bertz CT molecular complexity index is 2320. The molecule has 12 aliphatic rings. The largest absolute Gasteiger partial charge is 0.453 e. The van der Waals surface area contributed by atoms with Crippen LogP contribution in [-0.2, 0) is 16.2 Å². The van der Waals surface area contributed by atoms with Crippen LogP contribution >= 0.6 is 34.8 Å². The zero-order chi connectivity index (χ0) is 42.6. The van der Waals surface area contributed by atoms with Crippen molar-refractivity contribution in [3.63, 3.8) is 0 Å². The minimum Gasteiger partial charge on any atom is -0.453 e. The number of rotatable bonds is 9. The molecule has 12 aliphatic carbocycles. The number of nitrogen functional groups attached to an aromatic ring is 3. The molecule has 0 spiro atoms. The molecule has 0 heterocycles. The maximum absolute atomic E-state index is 7.64. The van der Waals surface area contributed by atoms with E-state index in [1.807, 2.05) is 54.6 Å². The van der Waals surface area contributed by atoms with E-state index in [1.54, 1.807) is 5.56 Å². The highest BCUT2D eigenvalue weighted by Gasteiger charge is 2.62. The van der Waals surface area contributed by atoms with Crippen LogP contribution in [0, 0.1) is 53.3 Å².